The Morgan fingerprint density at radius 3 is 2.86 bits per heavy atom. The minimum atomic E-state index is -0.653. The van der Waals surface area contributed by atoms with E-state index in [9.17, 15) is 5.11 Å². The number of halogens is 2. The topological polar surface area (TPSA) is 33.4 Å². The van der Waals surface area contributed by atoms with Gasteiger partial charge in [0.25, 0.3) is 0 Å². The van der Waals surface area contributed by atoms with Gasteiger partial charge < -0.3 is 9.52 Å². The van der Waals surface area contributed by atoms with E-state index in [2.05, 4.69) is 15.9 Å². The first-order valence-corrected chi connectivity index (χ1v) is 8.53. The maximum Gasteiger partial charge on any atom is 0.134 e. The quantitative estimate of drug-likeness (QED) is 0.589. The Bertz CT molecular complexity index is 772. The van der Waals surface area contributed by atoms with Gasteiger partial charge in [0.2, 0.25) is 0 Å². The van der Waals surface area contributed by atoms with Crippen LogP contribution in [0.4, 0.5) is 0 Å². The third-order valence-electron chi connectivity index (χ3n) is 3.03. The fourth-order valence-corrected chi connectivity index (χ4v) is 3.64. The van der Waals surface area contributed by atoms with E-state index in [1.807, 2.05) is 42.5 Å². The summed E-state index contributed by atoms with van der Waals surface area (Å²) in [6.07, 6.45) is -0.653. The van der Waals surface area contributed by atoms with Crippen molar-refractivity contribution < 1.29 is 9.52 Å². The molecule has 0 radical (unpaired) electrons. The monoisotopic (exact) mass is 382 g/mol. The largest absolute Gasteiger partial charge is 0.458 e. The van der Waals surface area contributed by atoms with Gasteiger partial charge >= 0.3 is 0 Å². The van der Waals surface area contributed by atoms with Crippen molar-refractivity contribution in [1.29, 1.82) is 0 Å². The summed E-state index contributed by atoms with van der Waals surface area (Å²) in [5, 5.41) is 11.8. The first kappa shape index (κ1) is 15.0. The fourth-order valence-electron chi connectivity index (χ4n) is 2.01. The first-order chi connectivity index (χ1) is 10.1. The molecule has 2 aromatic carbocycles. The third kappa shape index (κ3) is 3.64. The molecule has 5 heteroatoms. The van der Waals surface area contributed by atoms with E-state index in [1.54, 1.807) is 17.8 Å². The Morgan fingerprint density at radius 2 is 2.05 bits per heavy atom. The molecule has 0 aliphatic rings. The second kappa shape index (κ2) is 6.44. The summed E-state index contributed by atoms with van der Waals surface area (Å²) in [6.45, 7) is 0. The highest BCUT2D eigenvalue weighted by atomic mass is 79.9. The molecule has 1 atom stereocenters. The smallest absolute Gasteiger partial charge is 0.134 e. The summed E-state index contributed by atoms with van der Waals surface area (Å²) in [6, 6.07) is 15.3. The first-order valence-electron chi connectivity index (χ1n) is 6.37. The van der Waals surface area contributed by atoms with Crippen LogP contribution in [0.25, 0.3) is 11.0 Å². The van der Waals surface area contributed by atoms with Crippen molar-refractivity contribution in [3.63, 3.8) is 0 Å². The van der Waals surface area contributed by atoms with Gasteiger partial charge in [-0.2, -0.15) is 0 Å². The van der Waals surface area contributed by atoms with Crippen LogP contribution in [0.1, 0.15) is 11.9 Å². The molecule has 108 valence electrons. The molecule has 0 saturated carbocycles. The molecule has 1 N–H and O–H groups in total. The molecule has 1 aromatic heterocycles. The Balaban J connectivity index is 1.73. The van der Waals surface area contributed by atoms with Crippen LogP contribution >= 0.6 is 39.3 Å². The standard InChI is InChI=1S/C16H12BrClO2S/c17-11-2-1-3-13(8-11)21-9-14(19)16-7-10-6-12(18)4-5-15(10)20-16/h1-8,14,19H,9H2. The molecule has 1 heterocycles. The van der Waals surface area contributed by atoms with E-state index >= 15 is 0 Å². The predicted octanol–water partition coefficient (Wildman–Crippen LogP) is 5.67. The van der Waals surface area contributed by atoms with Crippen LogP contribution in [0.15, 0.2) is 62.3 Å². The van der Waals surface area contributed by atoms with Gasteiger partial charge in [0.15, 0.2) is 0 Å². The maximum atomic E-state index is 10.3. The van der Waals surface area contributed by atoms with E-state index in [0.29, 0.717) is 16.5 Å². The van der Waals surface area contributed by atoms with E-state index < -0.39 is 6.10 Å². The van der Waals surface area contributed by atoms with Gasteiger partial charge in [0, 0.05) is 25.5 Å². The van der Waals surface area contributed by atoms with Gasteiger partial charge in [-0.25, -0.2) is 0 Å². The van der Waals surface area contributed by atoms with Crippen molar-refractivity contribution in [3.8, 4) is 0 Å². The highest BCUT2D eigenvalue weighted by Gasteiger charge is 2.14. The van der Waals surface area contributed by atoms with Crippen LogP contribution in [-0.2, 0) is 0 Å². The lowest BCUT2D eigenvalue weighted by atomic mass is 10.2. The van der Waals surface area contributed by atoms with E-state index in [-0.39, 0.29) is 0 Å². The summed E-state index contributed by atoms with van der Waals surface area (Å²) in [4.78, 5) is 1.10. The molecule has 0 aliphatic carbocycles. The van der Waals surface area contributed by atoms with Crippen molar-refractivity contribution in [2.24, 2.45) is 0 Å². The summed E-state index contributed by atoms with van der Waals surface area (Å²) < 4.78 is 6.69. The van der Waals surface area contributed by atoms with E-state index in [0.717, 1.165) is 20.3 Å². The molecule has 0 saturated heterocycles. The summed E-state index contributed by atoms with van der Waals surface area (Å²) in [7, 11) is 0. The predicted molar refractivity (Wildman–Crippen MR) is 91.0 cm³/mol. The van der Waals surface area contributed by atoms with Gasteiger partial charge in [-0.15, -0.1) is 11.8 Å². The lowest BCUT2D eigenvalue weighted by Crippen LogP contribution is -1.98. The Labute approximate surface area is 140 Å². The number of aliphatic hydroxyl groups is 1. The van der Waals surface area contributed by atoms with E-state index in [4.69, 9.17) is 16.0 Å². The Kier molecular flexibility index (Phi) is 4.60. The SMILES string of the molecule is OC(CSc1cccc(Br)c1)c1cc2cc(Cl)ccc2o1. The average molecular weight is 384 g/mol. The van der Waals surface area contributed by atoms with Gasteiger partial charge in [-0.1, -0.05) is 33.6 Å². The number of hydrogen-bond donors (Lipinski definition) is 1. The summed E-state index contributed by atoms with van der Waals surface area (Å²) in [5.41, 5.74) is 0.737. The molecule has 1 unspecified atom stereocenters. The maximum absolute atomic E-state index is 10.3. The highest BCUT2D eigenvalue weighted by molar-refractivity contribution is 9.10. The molecule has 3 rings (SSSR count). The molecule has 0 bridgehead atoms. The van der Waals surface area contributed by atoms with Crippen LogP contribution in [0.2, 0.25) is 5.02 Å². The van der Waals surface area contributed by atoms with Crippen LogP contribution in [-0.4, -0.2) is 10.9 Å². The van der Waals surface area contributed by atoms with Crippen LogP contribution in [0.3, 0.4) is 0 Å². The average Bonchev–Trinajstić information content (AvgIpc) is 2.88. The van der Waals surface area contributed by atoms with Crippen molar-refractivity contribution in [2.45, 2.75) is 11.0 Å². The molecule has 0 amide bonds. The number of benzene rings is 2. The number of thioether (sulfide) groups is 1. The number of furan rings is 1. The van der Waals surface area contributed by atoms with Gasteiger partial charge in [0.05, 0.1) is 0 Å². The van der Waals surface area contributed by atoms with Gasteiger partial charge in [-0.05, 0) is 42.5 Å². The number of rotatable bonds is 4. The van der Waals surface area contributed by atoms with Gasteiger partial charge in [0.1, 0.15) is 17.4 Å². The van der Waals surface area contributed by atoms with Crippen molar-refractivity contribution >= 4 is 50.3 Å². The molecular weight excluding hydrogens is 372 g/mol. The molecule has 0 aliphatic heterocycles. The summed E-state index contributed by atoms with van der Waals surface area (Å²) >= 11 is 11.0. The molecule has 2 nitrogen and oxygen atoms in total. The fraction of sp³-hybridized carbons (Fsp3) is 0.125. The zero-order valence-corrected chi connectivity index (χ0v) is 14.1. The van der Waals surface area contributed by atoms with Crippen LogP contribution < -0.4 is 0 Å². The Morgan fingerprint density at radius 1 is 1.19 bits per heavy atom. The van der Waals surface area contributed by atoms with Crippen LogP contribution in [0.5, 0.6) is 0 Å². The Hall–Kier alpha value is -0.940. The molecule has 3 aromatic rings. The summed E-state index contributed by atoms with van der Waals surface area (Å²) in [5.74, 6) is 1.10. The highest BCUT2D eigenvalue weighted by Crippen LogP contribution is 2.30. The zero-order valence-electron chi connectivity index (χ0n) is 10.9. The lowest BCUT2D eigenvalue weighted by molar-refractivity contribution is 0.177. The number of aliphatic hydroxyl groups excluding tert-OH is 1. The van der Waals surface area contributed by atoms with Crippen molar-refractivity contribution in [2.75, 3.05) is 5.75 Å². The van der Waals surface area contributed by atoms with Crippen molar-refractivity contribution in [3.05, 3.63) is 63.8 Å². The normalized spacial score (nSPS) is 12.7. The second-order valence-corrected chi connectivity index (χ2v) is 7.06. The van der Waals surface area contributed by atoms with Gasteiger partial charge in [-0.3, -0.25) is 0 Å². The third-order valence-corrected chi connectivity index (χ3v) is 4.83. The lowest BCUT2D eigenvalue weighted by Gasteiger charge is -2.07. The molecule has 0 spiro atoms. The molecule has 21 heavy (non-hydrogen) atoms. The zero-order chi connectivity index (χ0) is 14.8. The number of hydrogen-bond acceptors (Lipinski definition) is 3. The second-order valence-electron chi connectivity index (χ2n) is 4.62. The molecule has 0 fully saturated rings. The minimum absolute atomic E-state index is 0.532. The number of fused-ring (bicyclic) bond motifs is 1. The van der Waals surface area contributed by atoms with Crippen LogP contribution in [0, 0.1) is 0 Å². The van der Waals surface area contributed by atoms with Crippen molar-refractivity contribution in [1.82, 2.24) is 0 Å². The van der Waals surface area contributed by atoms with E-state index in [1.165, 1.54) is 0 Å². The minimum Gasteiger partial charge on any atom is -0.458 e. The molecular formula is C16H12BrClO2S.